The minimum atomic E-state index is -0.250. The molecule has 1 N–H and O–H groups in total. The Hall–Kier alpha value is -1.07. The summed E-state index contributed by atoms with van der Waals surface area (Å²) in [5.41, 5.74) is 1.59. The molecular weight excluding hydrogens is 278 g/mol. The van der Waals surface area contributed by atoms with E-state index in [1.165, 1.54) is 0 Å². The molecule has 0 spiro atoms. The molecule has 20 heavy (non-hydrogen) atoms. The van der Waals surface area contributed by atoms with Crippen LogP contribution in [-0.2, 0) is 11.3 Å². The predicted octanol–water partition coefficient (Wildman–Crippen LogP) is 1.67. The van der Waals surface area contributed by atoms with Crippen LogP contribution in [0.4, 0.5) is 0 Å². The third-order valence-corrected chi connectivity index (χ3v) is 5.12. The highest BCUT2D eigenvalue weighted by Crippen LogP contribution is 2.36. The smallest absolute Gasteiger partial charge is 0.244 e. The SMILES string of the molecule is Cc1nn(CC(=O)N2[C@H]3CC[C@H]2CC(O)C3)c(C)c1Cl. The Kier molecular flexibility index (Phi) is 3.50. The zero-order valence-corrected chi connectivity index (χ0v) is 12.6. The van der Waals surface area contributed by atoms with Gasteiger partial charge >= 0.3 is 0 Å². The Balaban J connectivity index is 1.75. The van der Waals surface area contributed by atoms with Crippen molar-refractivity contribution in [3.05, 3.63) is 16.4 Å². The van der Waals surface area contributed by atoms with Crippen molar-refractivity contribution in [1.29, 1.82) is 0 Å². The second kappa shape index (κ2) is 5.04. The fraction of sp³-hybridized carbons (Fsp3) is 0.714. The molecule has 6 heteroatoms. The number of halogens is 1. The summed E-state index contributed by atoms with van der Waals surface area (Å²) in [4.78, 5) is 14.5. The normalized spacial score (nSPS) is 29.0. The summed E-state index contributed by atoms with van der Waals surface area (Å²) >= 11 is 6.12. The second-order valence-electron chi connectivity index (χ2n) is 5.95. The van der Waals surface area contributed by atoms with E-state index in [0.717, 1.165) is 24.2 Å². The Bertz CT molecular complexity index is 529. The van der Waals surface area contributed by atoms with E-state index in [4.69, 9.17) is 11.6 Å². The van der Waals surface area contributed by atoms with E-state index in [1.54, 1.807) is 4.68 Å². The highest BCUT2D eigenvalue weighted by atomic mass is 35.5. The summed E-state index contributed by atoms with van der Waals surface area (Å²) < 4.78 is 1.68. The van der Waals surface area contributed by atoms with E-state index in [1.807, 2.05) is 18.7 Å². The van der Waals surface area contributed by atoms with Crippen LogP contribution in [0.5, 0.6) is 0 Å². The molecule has 0 saturated carbocycles. The van der Waals surface area contributed by atoms with E-state index in [2.05, 4.69) is 5.10 Å². The molecule has 110 valence electrons. The Morgan fingerprint density at radius 2 is 1.95 bits per heavy atom. The molecule has 5 nitrogen and oxygen atoms in total. The highest BCUT2D eigenvalue weighted by Gasteiger charge is 2.42. The number of nitrogens with zero attached hydrogens (tertiary/aromatic N) is 3. The molecule has 0 radical (unpaired) electrons. The maximum absolute atomic E-state index is 12.5. The van der Waals surface area contributed by atoms with Gasteiger partial charge in [-0.25, -0.2) is 0 Å². The van der Waals surface area contributed by atoms with Crippen LogP contribution < -0.4 is 0 Å². The minimum absolute atomic E-state index is 0.0895. The van der Waals surface area contributed by atoms with Crippen LogP contribution in [0.3, 0.4) is 0 Å². The van der Waals surface area contributed by atoms with Crippen molar-refractivity contribution in [2.45, 2.75) is 64.3 Å². The molecule has 0 aliphatic carbocycles. The summed E-state index contributed by atoms with van der Waals surface area (Å²) in [5.74, 6) is 0.0895. The van der Waals surface area contributed by atoms with Crippen LogP contribution >= 0.6 is 11.6 Å². The number of aliphatic hydroxyl groups excluding tert-OH is 1. The van der Waals surface area contributed by atoms with Gasteiger partial charge in [0.2, 0.25) is 5.91 Å². The van der Waals surface area contributed by atoms with Crippen molar-refractivity contribution in [3.63, 3.8) is 0 Å². The van der Waals surface area contributed by atoms with Gasteiger partial charge in [0.05, 0.1) is 22.5 Å². The average molecular weight is 298 g/mol. The molecule has 1 aromatic rings. The van der Waals surface area contributed by atoms with Crippen LogP contribution in [-0.4, -0.2) is 43.9 Å². The first-order valence-electron chi connectivity index (χ1n) is 7.16. The van der Waals surface area contributed by atoms with Crippen LogP contribution in [0.15, 0.2) is 0 Å². The Morgan fingerprint density at radius 1 is 1.35 bits per heavy atom. The molecule has 2 aliphatic rings. The standard InChI is InChI=1S/C14H20ClN3O2/c1-8-14(15)9(2)17(16-8)7-13(20)18-10-3-4-11(18)6-12(19)5-10/h10-12,19H,3-7H2,1-2H3/t10-,11-/m0/s1. The van der Waals surface area contributed by atoms with Gasteiger partial charge in [0.15, 0.2) is 0 Å². The van der Waals surface area contributed by atoms with Gasteiger partial charge in [0.25, 0.3) is 0 Å². The molecular formula is C14H20ClN3O2. The van der Waals surface area contributed by atoms with Crippen LogP contribution in [0.25, 0.3) is 0 Å². The Morgan fingerprint density at radius 3 is 2.45 bits per heavy atom. The number of fused-ring (bicyclic) bond motifs is 2. The molecule has 1 amide bonds. The number of carbonyl (C=O) groups excluding carboxylic acids is 1. The van der Waals surface area contributed by atoms with Crippen molar-refractivity contribution in [3.8, 4) is 0 Å². The maximum Gasteiger partial charge on any atom is 0.244 e. The summed E-state index contributed by atoms with van der Waals surface area (Å²) in [5, 5.41) is 14.7. The van der Waals surface area contributed by atoms with E-state index >= 15 is 0 Å². The first kappa shape index (κ1) is 13.9. The van der Waals surface area contributed by atoms with E-state index < -0.39 is 0 Å². The Labute approximate surface area is 123 Å². The monoisotopic (exact) mass is 297 g/mol. The van der Waals surface area contributed by atoms with Gasteiger partial charge in [0.1, 0.15) is 6.54 Å². The number of carbonyl (C=O) groups is 1. The molecule has 0 aromatic carbocycles. The zero-order chi connectivity index (χ0) is 14.4. The summed E-state index contributed by atoms with van der Waals surface area (Å²) in [6.07, 6.45) is 3.18. The van der Waals surface area contributed by atoms with Gasteiger partial charge in [0, 0.05) is 12.1 Å². The van der Waals surface area contributed by atoms with Crippen LogP contribution in [0, 0.1) is 13.8 Å². The zero-order valence-electron chi connectivity index (χ0n) is 11.8. The number of piperidine rings is 1. The lowest BCUT2D eigenvalue weighted by molar-refractivity contribution is -0.138. The maximum atomic E-state index is 12.5. The number of hydrogen-bond acceptors (Lipinski definition) is 3. The molecule has 3 rings (SSSR count). The molecule has 2 aliphatic heterocycles. The van der Waals surface area contributed by atoms with Crippen molar-refractivity contribution in [1.82, 2.24) is 14.7 Å². The summed E-state index contributed by atoms with van der Waals surface area (Å²) in [6, 6.07) is 0.396. The second-order valence-corrected chi connectivity index (χ2v) is 6.33. The third kappa shape index (κ3) is 2.23. The number of amides is 1. The lowest BCUT2D eigenvalue weighted by Gasteiger charge is -2.37. The molecule has 2 fully saturated rings. The summed E-state index contributed by atoms with van der Waals surface area (Å²) in [7, 11) is 0. The lowest BCUT2D eigenvalue weighted by atomic mass is 10.00. The van der Waals surface area contributed by atoms with Crippen LogP contribution in [0.1, 0.15) is 37.1 Å². The first-order valence-corrected chi connectivity index (χ1v) is 7.54. The number of aromatic nitrogens is 2. The fourth-order valence-electron chi connectivity index (χ4n) is 3.59. The summed E-state index contributed by atoms with van der Waals surface area (Å²) in [6.45, 7) is 3.96. The minimum Gasteiger partial charge on any atom is -0.393 e. The van der Waals surface area contributed by atoms with E-state index in [9.17, 15) is 9.90 Å². The number of aryl methyl sites for hydroxylation is 1. The number of rotatable bonds is 2. The van der Waals surface area contributed by atoms with Crippen molar-refractivity contribution in [2.75, 3.05) is 0 Å². The molecule has 2 bridgehead atoms. The van der Waals surface area contributed by atoms with Gasteiger partial charge in [-0.1, -0.05) is 11.6 Å². The molecule has 1 aromatic heterocycles. The van der Waals surface area contributed by atoms with Crippen molar-refractivity contribution >= 4 is 17.5 Å². The molecule has 2 atom stereocenters. The van der Waals surface area contributed by atoms with Gasteiger partial charge in [-0.15, -0.1) is 0 Å². The highest BCUT2D eigenvalue weighted by molar-refractivity contribution is 6.31. The van der Waals surface area contributed by atoms with Crippen molar-refractivity contribution in [2.24, 2.45) is 0 Å². The molecule has 0 unspecified atom stereocenters. The fourth-order valence-corrected chi connectivity index (χ4v) is 3.73. The number of hydrogen-bond donors (Lipinski definition) is 1. The van der Waals surface area contributed by atoms with Gasteiger partial charge in [-0.05, 0) is 39.5 Å². The predicted molar refractivity (Wildman–Crippen MR) is 75.6 cm³/mol. The van der Waals surface area contributed by atoms with Gasteiger partial charge in [-0.2, -0.15) is 5.10 Å². The molecule has 3 heterocycles. The molecule has 2 saturated heterocycles. The van der Waals surface area contributed by atoms with E-state index in [-0.39, 0.29) is 30.6 Å². The van der Waals surface area contributed by atoms with Gasteiger partial charge < -0.3 is 10.0 Å². The van der Waals surface area contributed by atoms with Gasteiger partial charge in [-0.3, -0.25) is 9.48 Å². The van der Waals surface area contributed by atoms with Crippen LogP contribution in [0.2, 0.25) is 5.02 Å². The average Bonchev–Trinajstić information content (AvgIpc) is 2.80. The topological polar surface area (TPSA) is 58.4 Å². The number of aliphatic hydroxyl groups is 1. The third-order valence-electron chi connectivity index (χ3n) is 4.57. The lowest BCUT2D eigenvalue weighted by Crippen LogP contribution is -2.49. The quantitative estimate of drug-likeness (QED) is 0.903. The first-order chi connectivity index (χ1) is 9.47. The van der Waals surface area contributed by atoms with Crippen molar-refractivity contribution < 1.29 is 9.90 Å². The van der Waals surface area contributed by atoms with E-state index in [0.29, 0.717) is 17.9 Å². The largest absolute Gasteiger partial charge is 0.393 e.